The van der Waals surface area contributed by atoms with Crippen molar-refractivity contribution in [2.45, 2.75) is 39.8 Å². The van der Waals surface area contributed by atoms with Crippen molar-refractivity contribution in [2.75, 3.05) is 30.8 Å². The van der Waals surface area contributed by atoms with Crippen molar-refractivity contribution < 1.29 is 22.7 Å². The first-order valence-electron chi connectivity index (χ1n) is 11.0. The van der Waals surface area contributed by atoms with Crippen molar-refractivity contribution in [1.29, 1.82) is 0 Å². The minimum Gasteiger partial charge on any atom is -0.497 e. The zero-order valence-corrected chi connectivity index (χ0v) is 21.7. The van der Waals surface area contributed by atoms with Crippen LogP contribution in [-0.4, -0.2) is 57.6 Å². The summed E-state index contributed by atoms with van der Waals surface area (Å²) in [6.07, 6.45) is 1.39. The van der Waals surface area contributed by atoms with E-state index in [2.05, 4.69) is 5.32 Å². The third kappa shape index (κ3) is 7.11. The van der Waals surface area contributed by atoms with Crippen molar-refractivity contribution >= 4 is 39.1 Å². The van der Waals surface area contributed by atoms with Gasteiger partial charge in [-0.2, -0.15) is 0 Å². The molecule has 0 radical (unpaired) electrons. The number of carbonyl (C=O) groups excluding carboxylic acids is 2. The number of ether oxygens (including phenoxy) is 1. The van der Waals surface area contributed by atoms with Crippen LogP contribution in [0, 0.1) is 6.92 Å². The number of nitrogens with zero attached hydrogens (tertiary/aromatic N) is 2. The van der Waals surface area contributed by atoms with Crippen molar-refractivity contribution in [1.82, 2.24) is 10.2 Å². The van der Waals surface area contributed by atoms with Crippen LogP contribution in [0.1, 0.15) is 31.4 Å². The van der Waals surface area contributed by atoms with Gasteiger partial charge < -0.3 is 15.0 Å². The second-order valence-corrected chi connectivity index (χ2v) is 10.2. The fourth-order valence-corrected chi connectivity index (χ4v) is 4.51. The topological polar surface area (TPSA) is 96.0 Å². The number of methoxy groups -OCH3 is 1. The predicted molar refractivity (Wildman–Crippen MR) is 135 cm³/mol. The Kier molecular flexibility index (Phi) is 9.76. The summed E-state index contributed by atoms with van der Waals surface area (Å²) in [5.41, 5.74) is 1.84. The molecule has 0 heterocycles. The molecule has 2 amide bonds. The molecule has 0 bridgehead atoms. The molecule has 1 N–H and O–H groups in total. The molecule has 2 aromatic carbocycles. The standard InChI is InChI=1S/C24H32ClN3O5S/c1-6-22(24(30)26-7-2)27(15-18-9-12-20(33-4)13-10-18)23(29)16-28(34(5,31)32)19-11-8-17(3)21(25)14-19/h8-14,22H,6-7,15-16H2,1-5H3,(H,26,30)/t22-/m1/s1. The van der Waals surface area contributed by atoms with Crippen LogP contribution in [0.5, 0.6) is 5.75 Å². The number of hydrogen-bond donors (Lipinski definition) is 1. The van der Waals surface area contributed by atoms with Gasteiger partial charge >= 0.3 is 0 Å². The van der Waals surface area contributed by atoms with Gasteiger partial charge in [-0.05, 0) is 55.7 Å². The molecule has 0 saturated heterocycles. The van der Waals surface area contributed by atoms with Crippen molar-refractivity contribution in [3.63, 3.8) is 0 Å². The molecule has 34 heavy (non-hydrogen) atoms. The first-order chi connectivity index (χ1) is 16.0. The fourth-order valence-electron chi connectivity index (χ4n) is 3.49. The number of nitrogens with one attached hydrogen (secondary N) is 1. The smallest absolute Gasteiger partial charge is 0.244 e. The molecule has 10 heteroatoms. The lowest BCUT2D eigenvalue weighted by molar-refractivity contribution is -0.140. The third-order valence-corrected chi connectivity index (χ3v) is 6.92. The molecule has 0 aliphatic heterocycles. The number of benzene rings is 2. The summed E-state index contributed by atoms with van der Waals surface area (Å²) in [5.74, 6) is -0.135. The van der Waals surface area contributed by atoms with Crippen molar-refractivity contribution in [3.05, 3.63) is 58.6 Å². The van der Waals surface area contributed by atoms with E-state index >= 15 is 0 Å². The quantitative estimate of drug-likeness (QED) is 0.501. The largest absolute Gasteiger partial charge is 0.497 e. The van der Waals surface area contributed by atoms with Gasteiger partial charge in [-0.15, -0.1) is 0 Å². The maximum atomic E-state index is 13.5. The van der Waals surface area contributed by atoms with Gasteiger partial charge in [-0.1, -0.05) is 36.7 Å². The summed E-state index contributed by atoms with van der Waals surface area (Å²) in [6.45, 7) is 5.48. The van der Waals surface area contributed by atoms with Crippen LogP contribution in [0.25, 0.3) is 0 Å². The monoisotopic (exact) mass is 509 g/mol. The van der Waals surface area contributed by atoms with E-state index in [9.17, 15) is 18.0 Å². The number of rotatable bonds is 11. The number of amides is 2. The molecule has 2 rings (SSSR count). The van der Waals surface area contributed by atoms with Crippen LogP contribution < -0.4 is 14.4 Å². The Balaban J connectivity index is 2.44. The number of halogens is 1. The summed E-state index contributed by atoms with van der Waals surface area (Å²) >= 11 is 6.21. The summed E-state index contributed by atoms with van der Waals surface area (Å²) in [5, 5.41) is 3.15. The molecule has 0 spiro atoms. The molecule has 186 valence electrons. The maximum absolute atomic E-state index is 13.5. The molecular formula is C24H32ClN3O5S. The van der Waals surface area contributed by atoms with Gasteiger partial charge in [0.25, 0.3) is 0 Å². The molecule has 0 aliphatic rings. The highest BCUT2D eigenvalue weighted by Crippen LogP contribution is 2.25. The maximum Gasteiger partial charge on any atom is 0.244 e. The molecule has 0 aromatic heterocycles. The van der Waals surface area contributed by atoms with Crippen LogP contribution in [0.4, 0.5) is 5.69 Å². The number of likely N-dealkylation sites (N-methyl/N-ethyl adjacent to an activating group) is 1. The number of aryl methyl sites for hydroxylation is 1. The van der Waals surface area contributed by atoms with E-state index < -0.39 is 28.5 Å². The van der Waals surface area contributed by atoms with E-state index in [1.807, 2.05) is 6.92 Å². The lowest BCUT2D eigenvalue weighted by Gasteiger charge is -2.33. The Bertz CT molecular complexity index is 1110. The Hall–Kier alpha value is -2.78. The molecule has 1 atom stereocenters. The zero-order valence-electron chi connectivity index (χ0n) is 20.2. The normalized spacial score (nSPS) is 12.1. The molecule has 2 aromatic rings. The third-order valence-electron chi connectivity index (χ3n) is 5.37. The molecule has 0 unspecified atom stereocenters. The minimum absolute atomic E-state index is 0.130. The SMILES string of the molecule is CCNC(=O)[C@@H](CC)N(Cc1ccc(OC)cc1)C(=O)CN(c1ccc(C)c(Cl)c1)S(C)(=O)=O. The van der Waals surface area contributed by atoms with Gasteiger partial charge in [0.2, 0.25) is 21.8 Å². The number of sulfonamides is 1. The Morgan fingerprint density at radius 1 is 1.12 bits per heavy atom. The Labute approximate surface area is 206 Å². The molecule has 0 fully saturated rings. The average molecular weight is 510 g/mol. The zero-order chi connectivity index (χ0) is 25.5. The van der Waals surface area contributed by atoms with E-state index in [0.717, 1.165) is 21.7 Å². The van der Waals surface area contributed by atoms with Crippen LogP contribution >= 0.6 is 11.6 Å². The highest BCUT2D eigenvalue weighted by Gasteiger charge is 2.31. The van der Waals surface area contributed by atoms with Gasteiger partial charge in [0.1, 0.15) is 18.3 Å². The molecular weight excluding hydrogens is 478 g/mol. The highest BCUT2D eigenvalue weighted by atomic mass is 35.5. The first-order valence-corrected chi connectivity index (χ1v) is 13.2. The van der Waals surface area contributed by atoms with Crippen LogP contribution in [0.2, 0.25) is 5.02 Å². The molecule has 0 saturated carbocycles. The number of anilines is 1. The first kappa shape index (κ1) is 27.5. The Morgan fingerprint density at radius 2 is 1.76 bits per heavy atom. The average Bonchev–Trinajstić information content (AvgIpc) is 2.79. The summed E-state index contributed by atoms with van der Waals surface area (Å²) in [7, 11) is -2.25. The lowest BCUT2D eigenvalue weighted by atomic mass is 10.1. The number of hydrogen-bond acceptors (Lipinski definition) is 5. The summed E-state index contributed by atoms with van der Waals surface area (Å²) in [6, 6.07) is 11.2. The second kappa shape index (κ2) is 12.1. The minimum atomic E-state index is -3.81. The van der Waals surface area contributed by atoms with Crippen molar-refractivity contribution in [3.8, 4) is 5.75 Å². The summed E-state index contributed by atoms with van der Waals surface area (Å²) in [4.78, 5) is 27.7. The van der Waals surface area contributed by atoms with Crippen LogP contribution in [-0.2, 0) is 26.2 Å². The van der Waals surface area contributed by atoms with E-state index in [-0.39, 0.29) is 18.1 Å². The molecule has 0 aliphatic carbocycles. The van der Waals surface area contributed by atoms with E-state index in [1.165, 1.54) is 11.0 Å². The van der Waals surface area contributed by atoms with Gasteiger partial charge in [0.15, 0.2) is 0 Å². The fraction of sp³-hybridized carbons (Fsp3) is 0.417. The molecule has 8 nitrogen and oxygen atoms in total. The van der Waals surface area contributed by atoms with E-state index in [4.69, 9.17) is 16.3 Å². The Morgan fingerprint density at radius 3 is 2.26 bits per heavy atom. The highest BCUT2D eigenvalue weighted by molar-refractivity contribution is 7.92. The van der Waals surface area contributed by atoms with Gasteiger partial charge in [0, 0.05) is 18.1 Å². The van der Waals surface area contributed by atoms with E-state index in [0.29, 0.717) is 23.7 Å². The number of carbonyl (C=O) groups is 2. The lowest BCUT2D eigenvalue weighted by Crippen LogP contribution is -2.52. The van der Waals surface area contributed by atoms with Crippen molar-refractivity contribution in [2.24, 2.45) is 0 Å². The van der Waals surface area contributed by atoms with Gasteiger partial charge in [0.05, 0.1) is 19.1 Å². The predicted octanol–water partition coefficient (Wildman–Crippen LogP) is 3.37. The summed E-state index contributed by atoms with van der Waals surface area (Å²) < 4.78 is 31.4. The van der Waals surface area contributed by atoms with Crippen LogP contribution in [0.15, 0.2) is 42.5 Å². The van der Waals surface area contributed by atoms with Gasteiger partial charge in [-0.3, -0.25) is 13.9 Å². The van der Waals surface area contributed by atoms with Crippen LogP contribution in [0.3, 0.4) is 0 Å². The van der Waals surface area contributed by atoms with E-state index in [1.54, 1.807) is 57.4 Å². The van der Waals surface area contributed by atoms with Gasteiger partial charge in [-0.25, -0.2) is 8.42 Å². The second-order valence-electron chi connectivity index (χ2n) is 7.89.